The van der Waals surface area contributed by atoms with Crippen LogP contribution in [0.1, 0.15) is 13.3 Å². The van der Waals surface area contributed by atoms with Gasteiger partial charge in [0.15, 0.2) is 0 Å². The quantitative estimate of drug-likeness (QED) is 0.501. The molecule has 6 nitrogen and oxygen atoms in total. The van der Waals surface area contributed by atoms with Crippen molar-refractivity contribution in [3.05, 3.63) is 24.3 Å². The fraction of sp³-hybridized carbons (Fsp3) is 0.455. The van der Waals surface area contributed by atoms with Crippen LogP contribution in [0.5, 0.6) is 0 Å². The molecule has 0 fully saturated rings. The van der Waals surface area contributed by atoms with E-state index in [1.807, 2.05) is 0 Å². The molecule has 18 heavy (non-hydrogen) atoms. The summed E-state index contributed by atoms with van der Waals surface area (Å²) in [5.41, 5.74) is 2.74. The lowest BCUT2D eigenvalue weighted by Crippen LogP contribution is -2.34. The van der Waals surface area contributed by atoms with Crippen LogP contribution >= 0.6 is 0 Å². The van der Waals surface area contributed by atoms with E-state index in [1.54, 1.807) is 32.2 Å². The maximum Gasteiger partial charge on any atom is 0.242 e. The molecule has 1 aromatic rings. The van der Waals surface area contributed by atoms with E-state index in [0.29, 0.717) is 18.7 Å². The highest BCUT2D eigenvalue weighted by molar-refractivity contribution is 7.89. The Kier molecular flexibility index (Phi) is 5.54. The Bertz CT molecular complexity index is 476. The highest BCUT2D eigenvalue weighted by Crippen LogP contribution is 2.19. The molecule has 0 amide bonds. The zero-order valence-corrected chi connectivity index (χ0v) is 11.3. The van der Waals surface area contributed by atoms with Gasteiger partial charge in [0.05, 0.1) is 5.69 Å². The zero-order chi connectivity index (χ0) is 13.6. The Hall–Kier alpha value is -1.15. The predicted octanol–water partition coefficient (Wildman–Crippen LogP) is 0.675. The third-order valence-corrected chi connectivity index (χ3v) is 4.09. The molecular formula is C11H19N3O3S. The van der Waals surface area contributed by atoms with Crippen LogP contribution < -0.4 is 16.0 Å². The lowest BCUT2D eigenvalue weighted by Gasteiger charge is -2.15. The van der Waals surface area contributed by atoms with E-state index >= 15 is 0 Å². The summed E-state index contributed by atoms with van der Waals surface area (Å²) in [5.74, 6) is 5.30. The molecule has 0 saturated heterocycles. The number of ether oxygens (including phenoxy) is 1. The molecule has 0 aliphatic heterocycles. The first-order valence-corrected chi connectivity index (χ1v) is 7.06. The summed E-state index contributed by atoms with van der Waals surface area (Å²) in [6, 6.07) is 6.26. The van der Waals surface area contributed by atoms with Crippen LogP contribution in [0.3, 0.4) is 0 Å². The number of nitrogen functional groups attached to an aromatic ring is 1. The maximum absolute atomic E-state index is 12.1. The van der Waals surface area contributed by atoms with Gasteiger partial charge in [0.2, 0.25) is 10.0 Å². The Morgan fingerprint density at radius 1 is 1.39 bits per heavy atom. The van der Waals surface area contributed by atoms with Crippen molar-refractivity contribution in [2.45, 2.75) is 24.3 Å². The van der Waals surface area contributed by atoms with Gasteiger partial charge in [-0.05, 0) is 25.5 Å². The molecule has 7 heteroatoms. The number of hydrazine groups is 1. The largest absolute Gasteiger partial charge is 0.385 e. The first kappa shape index (κ1) is 14.9. The van der Waals surface area contributed by atoms with Crippen LogP contribution in [0, 0.1) is 0 Å². The first-order chi connectivity index (χ1) is 8.51. The molecular weight excluding hydrogens is 254 g/mol. The summed E-state index contributed by atoms with van der Waals surface area (Å²) in [7, 11) is -2.00. The molecule has 1 aromatic carbocycles. The monoisotopic (exact) mass is 273 g/mol. The molecule has 0 heterocycles. The Morgan fingerprint density at radius 3 is 2.67 bits per heavy atom. The number of methoxy groups -OCH3 is 1. The SMILES string of the molecule is COCCC(C)NS(=O)(=O)c1ccccc1NN. The Balaban J connectivity index is 2.86. The summed E-state index contributed by atoms with van der Waals surface area (Å²) in [4.78, 5) is 0.136. The minimum absolute atomic E-state index is 0.136. The number of nitrogens with two attached hydrogens (primary N) is 1. The first-order valence-electron chi connectivity index (χ1n) is 5.58. The second-order valence-electron chi connectivity index (χ2n) is 3.94. The van der Waals surface area contributed by atoms with Crippen molar-refractivity contribution in [1.29, 1.82) is 0 Å². The summed E-state index contributed by atoms with van der Waals surface area (Å²) in [5, 5.41) is 0. The average Bonchev–Trinajstić information content (AvgIpc) is 2.35. The zero-order valence-electron chi connectivity index (χ0n) is 10.5. The third-order valence-electron chi connectivity index (χ3n) is 2.44. The van der Waals surface area contributed by atoms with E-state index in [0.717, 1.165) is 0 Å². The van der Waals surface area contributed by atoms with Crippen molar-refractivity contribution in [3.8, 4) is 0 Å². The van der Waals surface area contributed by atoms with Gasteiger partial charge in [0.25, 0.3) is 0 Å². The third kappa shape index (κ3) is 3.95. The summed E-state index contributed by atoms with van der Waals surface area (Å²) in [6.07, 6.45) is 0.605. The van der Waals surface area contributed by atoms with Gasteiger partial charge in [-0.2, -0.15) is 0 Å². The second kappa shape index (κ2) is 6.69. The Labute approximate surface area is 108 Å². The number of hydrogen-bond donors (Lipinski definition) is 3. The number of para-hydroxylation sites is 1. The van der Waals surface area contributed by atoms with Crippen LogP contribution in [-0.4, -0.2) is 28.2 Å². The van der Waals surface area contributed by atoms with Crippen molar-refractivity contribution in [2.75, 3.05) is 19.1 Å². The van der Waals surface area contributed by atoms with Crippen LogP contribution in [0.4, 0.5) is 5.69 Å². The van der Waals surface area contributed by atoms with Crippen LogP contribution in [-0.2, 0) is 14.8 Å². The maximum atomic E-state index is 12.1. The number of benzene rings is 1. The van der Waals surface area contributed by atoms with E-state index in [-0.39, 0.29) is 10.9 Å². The van der Waals surface area contributed by atoms with Crippen molar-refractivity contribution < 1.29 is 13.2 Å². The number of hydrogen-bond acceptors (Lipinski definition) is 5. The second-order valence-corrected chi connectivity index (χ2v) is 5.63. The van der Waals surface area contributed by atoms with Crippen LogP contribution in [0.2, 0.25) is 0 Å². The van der Waals surface area contributed by atoms with E-state index in [4.69, 9.17) is 10.6 Å². The molecule has 1 atom stereocenters. The number of sulfonamides is 1. The number of anilines is 1. The van der Waals surface area contributed by atoms with Gasteiger partial charge in [0.1, 0.15) is 4.90 Å². The molecule has 0 spiro atoms. The highest BCUT2D eigenvalue weighted by Gasteiger charge is 2.20. The molecule has 0 bridgehead atoms. The summed E-state index contributed by atoms with van der Waals surface area (Å²) >= 11 is 0. The summed E-state index contributed by atoms with van der Waals surface area (Å²) in [6.45, 7) is 2.29. The molecule has 1 unspecified atom stereocenters. The average molecular weight is 273 g/mol. The lowest BCUT2D eigenvalue weighted by atomic mass is 10.3. The van der Waals surface area contributed by atoms with Gasteiger partial charge in [-0.25, -0.2) is 13.1 Å². The van der Waals surface area contributed by atoms with Gasteiger partial charge < -0.3 is 10.2 Å². The molecule has 0 radical (unpaired) electrons. The lowest BCUT2D eigenvalue weighted by molar-refractivity contribution is 0.188. The predicted molar refractivity (Wildman–Crippen MR) is 70.5 cm³/mol. The fourth-order valence-electron chi connectivity index (χ4n) is 1.50. The van der Waals surface area contributed by atoms with Crippen molar-refractivity contribution >= 4 is 15.7 Å². The summed E-state index contributed by atoms with van der Waals surface area (Å²) < 4.78 is 31.8. The minimum atomic E-state index is -3.58. The number of nitrogens with one attached hydrogen (secondary N) is 2. The van der Waals surface area contributed by atoms with Gasteiger partial charge in [0, 0.05) is 19.8 Å². The number of rotatable bonds is 7. The topological polar surface area (TPSA) is 93.4 Å². The highest BCUT2D eigenvalue weighted by atomic mass is 32.2. The van der Waals surface area contributed by atoms with Crippen molar-refractivity contribution in [2.24, 2.45) is 5.84 Å². The van der Waals surface area contributed by atoms with E-state index in [2.05, 4.69) is 10.1 Å². The van der Waals surface area contributed by atoms with E-state index in [1.165, 1.54) is 6.07 Å². The van der Waals surface area contributed by atoms with Gasteiger partial charge in [-0.3, -0.25) is 5.84 Å². The van der Waals surface area contributed by atoms with Gasteiger partial charge >= 0.3 is 0 Å². The van der Waals surface area contributed by atoms with Crippen LogP contribution in [0.25, 0.3) is 0 Å². The van der Waals surface area contributed by atoms with Gasteiger partial charge in [-0.1, -0.05) is 12.1 Å². The smallest absolute Gasteiger partial charge is 0.242 e. The fourth-order valence-corrected chi connectivity index (χ4v) is 2.95. The van der Waals surface area contributed by atoms with Crippen LogP contribution in [0.15, 0.2) is 29.2 Å². The molecule has 4 N–H and O–H groups in total. The van der Waals surface area contributed by atoms with Crippen molar-refractivity contribution in [3.63, 3.8) is 0 Å². The molecule has 0 aromatic heterocycles. The van der Waals surface area contributed by atoms with E-state index < -0.39 is 10.0 Å². The van der Waals surface area contributed by atoms with Gasteiger partial charge in [-0.15, -0.1) is 0 Å². The molecule has 0 saturated carbocycles. The molecule has 0 aliphatic carbocycles. The van der Waals surface area contributed by atoms with Crippen molar-refractivity contribution in [1.82, 2.24) is 4.72 Å². The molecule has 102 valence electrons. The minimum Gasteiger partial charge on any atom is -0.385 e. The standard InChI is InChI=1S/C11H19N3O3S/c1-9(7-8-17-2)14-18(15,16)11-6-4-3-5-10(11)13-12/h3-6,9,13-14H,7-8,12H2,1-2H3. The normalized spacial score (nSPS) is 13.3. The Morgan fingerprint density at radius 2 is 2.06 bits per heavy atom. The molecule has 1 rings (SSSR count). The van der Waals surface area contributed by atoms with E-state index in [9.17, 15) is 8.42 Å². The molecule has 0 aliphatic rings.